The highest BCUT2D eigenvalue weighted by Crippen LogP contribution is 2.27. The summed E-state index contributed by atoms with van der Waals surface area (Å²) in [4.78, 5) is 21.8. The molecule has 0 unspecified atom stereocenters. The van der Waals surface area contributed by atoms with E-state index in [0.717, 1.165) is 20.9 Å². The molecule has 0 saturated heterocycles. The fourth-order valence-corrected chi connectivity index (χ4v) is 3.63. The minimum Gasteiger partial charge on any atom is -0.339 e. The van der Waals surface area contributed by atoms with Crippen LogP contribution in [0.3, 0.4) is 0 Å². The van der Waals surface area contributed by atoms with E-state index in [1.54, 1.807) is 36.7 Å². The number of aromatic nitrogens is 2. The molecule has 0 saturated carbocycles. The van der Waals surface area contributed by atoms with Crippen molar-refractivity contribution in [2.24, 2.45) is 0 Å². The zero-order chi connectivity index (χ0) is 20.2. The monoisotopic (exact) mass is 449 g/mol. The Morgan fingerprint density at radius 1 is 1.00 bits per heavy atom. The van der Waals surface area contributed by atoms with Crippen molar-refractivity contribution < 1.29 is 9.18 Å². The van der Waals surface area contributed by atoms with Crippen molar-refractivity contribution in [3.8, 4) is 0 Å². The number of nitrogens with zero attached hydrogens (tertiary/aromatic N) is 2. The number of amides is 1. The number of benzene rings is 2. The second-order valence-electron chi connectivity index (χ2n) is 6.56. The summed E-state index contributed by atoms with van der Waals surface area (Å²) < 4.78 is 13.7. The standard InChI is InChI=1S/C23H17BrFN3O/c24-19-4-2-12-27-22(19)21(17-7-5-15(14-25)6-8-17)28-23(29)18-10-9-16-3-1-11-26-20(16)13-18/h1-13,21H,14H2,(H,28,29)/t21-/m0/s1. The molecule has 2 aromatic carbocycles. The van der Waals surface area contributed by atoms with Gasteiger partial charge in [0.25, 0.3) is 5.91 Å². The molecule has 2 aromatic heterocycles. The van der Waals surface area contributed by atoms with Crippen LogP contribution in [0.4, 0.5) is 4.39 Å². The molecule has 29 heavy (non-hydrogen) atoms. The third-order valence-electron chi connectivity index (χ3n) is 4.67. The molecule has 4 nitrogen and oxygen atoms in total. The van der Waals surface area contributed by atoms with Gasteiger partial charge in [0.15, 0.2) is 0 Å². The normalized spacial score (nSPS) is 11.9. The zero-order valence-electron chi connectivity index (χ0n) is 15.3. The van der Waals surface area contributed by atoms with Gasteiger partial charge in [-0.2, -0.15) is 0 Å². The molecule has 4 rings (SSSR count). The van der Waals surface area contributed by atoms with Crippen molar-refractivity contribution in [2.45, 2.75) is 12.7 Å². The lowest BCUT2D eigenvalue weighted by Crippen LogP contribution is -2.30. The number of hydrogen-bond donors (Lipinski definition) is 1. The second-order valence-corrected chi connectivity index (χ2v) is 7.42. The van der Waals surface area contributed by atoms with Crippen LogP contribution in [0.25, 0.3) is 10.9 Å². The van der Waals surface area contributed by atoms with Gasteiger partial charge in [0.2, 0.25) is 0 Å². The van der Waals surface area contributed by atoms with Gasteiger partial charge in [-0.1, -0.05) is 36.4 Å². The first kappa shape index (κ1) is 19.2. The Labute approximate surface area is 176 Å². The maximum Gasteiger partial charge on any atom is 0.252 e. The molecule has 6 heteroatoms. The van der Waals surface area contributed by atoms with Gasteiger partial charge < -0.3 is 5.32 Å². The Bertz CT molecular complexity index is 1160. The van der Waals surface area contributed by atoms with Crippen molar-refractivity contribution >= 4 is 32.7 Å². The van der Waals surface area contributed by atoms with Gasteiger partial charge in [-0.05, 0) is 57.4 Å². The molecule has 0 radical (unpaired) electrons. The van der Waals surface area contributed by atoms with E-state index in [2.05, 4.69) is 31.2 Å². The van der Waals surface area contributed by atoms with Crippen LogP contribution in [-0.4, -0.2) is 15.9 Å². The minimum atomic E-state index is -0.533. The largest absolute Gasteiger partial charge is 0.339 e. The van der Waals surface area contributed by atoms with Crippen LogP contribution in [-0.2, 0) is 6.67 Å². The minimum absolute atomic E-state index is 0.241. The van der Waals surface area contributed by atoms with E-state index >= 15 is 0 Å². The van der Waals surface area contributed by atoms with Gasteiger partial charge in [-0.3, -0.25) is 14.8 Å². The summed E-state index contributed by atoms with van der Waals surface area (Å²) in [6, 6.07) is 19.5. The van der Waals surface area contributed by atoms with Crippen LogP contribution in [0, 0.1) is 0 Å². The number of carbonyl (C=O) groups excluding carboxylic acids is 1. The zero-order valence-corrected chi connectivity index (χ0v) is 16.9. The molecule has 0 bridgehead atoms. The van der Waals surface area contributed by atoms with Gasteiger partial charge in [-0.15, -0.1) is 0 Å². The van der Waals surface area contributed by atoms with Gasteiger partial charge in [0.1, 0.15) is 6.67 Å². The summed E-state index contributed by atoms with van der Waals surface area (Å²) in [5, 5.41) is 4.02. The molecule has 0 fully saturated rings. The van der Waals surface area contributed by atoms with E-state index in [1.165, 1.54) is 0 Å². The number of nitrogens with one attached hydrogen (secondary N) is 1. The lowest BCUT2D eigenvalue weighted by Gasteiger charge is -2.20. The number of halogens is 2. The van der Waals surface area contributed by atoms with Crippen LogP contribution in [0.1, 0.15) is 33.2 Å². The molecule has 1 N–H and O–H groups in total. The Hall–Kier alpha value is -3.12. The molecular weight excluding hydrogens is 433 g/mol. The molecule has 4 aromatic rings. The van der Waals surface area contributed by atoms with E-state index in [9.17, 15) is 9.18 Å². The first-order valence-electron chi connectivity index (χ1n) is 9.06. The third-order valence-corrected chi connectivity index (χ3v) is 5.34. The van der Waals surface area contributed by atoms with E-state index in [4.69, 9.17) is 0 Å². The Morgan fingerprint density at radius 3 is 2.52 bits per heavy atom. The van der Waals surface area contributed by atoms with Crippen molar-refractivity contribution in [1.82, 2.24) is 15.3 Å². The summed E-state index contributed by atoms with van der Waals surface area (Å²) in [6.45, 7) is -0.533. The van der Waals surface area contributed by atoms with Crippen LogP contribution in [0.5, 0.6) is 0 Å². The summed E-state index contributed by atoms with van der Waals surface area (Å²) in [5.74, 6) is -0.241. The smallest absolute Gasteiger partial charge is 0.252 e. The summed E-state index contributed by atoms with van der Waals surface area (Å²) >= 11 is 3.52. The predicted octanol–water partition coefficient (Wildman–Crippen LogP) is 5.38. The molecule has 1 atom stereocenters. The van der Waals surface area contributed by atoms with Gasteiger partial charge in [0, 0.05) is 27.8 Å². The number of fused-ring (bicyclic) bond motifs is 1. The topological polar surface area (TPSA) is 54.9 Å². The van der Waals surface area contributed by atoms with Gasteiger partial charge in [-0.25, -0.2) is 4.39 Å². The van der Waals surface area contributed by atoms with E-state index in [0.29, 0.717) is 16.8 Å². The summed E-state index contributed by atoms with van der Waals surface area (Å²) in [7, 11) is 0. The highest BCUT2D eigenvalue weighted by atomic mass is 79.9. The predicted molar refractivity (Wildman–Crippen MR) is 114 cm³/mol. The fourth-order valence-electron chi connectivity index (χ4n) is 3.14. The highest BCUT2D eigenvalue weighted by Gasteiger charge is 2.21. The van der Waals surface area contributed by atoms with Crippen LogP contribution in [0.15, 0.2) is 83.6 Å². The van der Waals surface area contributed by atoms with Crippen LogP contribution >= 0.6 is 15.9 Å². The lowest BCUT2D eigenvalue weighted by atomic mass is 10.0. The molecule has 0 aliphatic heterocycles. The van der Waals surface area contributed by atoms with E-state index in [-0.39, 0.29) is 5.91 Å². The summed E-state index contributed by atoms with van der Waals surface area (Å²) in [6.07, 6.45) is 3.37. The number of carbonyl (C=O) groups is 1. The van der Waals surface area contributed by atoms with Crippen molar-refractivity contribution in [3.63, 3.8) is 0 Å². The SMILES string of the molecule is O=C(N[C@@H](c1ccc(CF)cc1)c1ncccc1Br)c1ccc2cccnc2c1. The Morgan fingerprint density at radius 2 is 1.76 bits per heavy atom. The molecule has 1 amide bonds. The van der Waals surface area contributed by atoms with Crippen molar-refractivity contribution in [3.05, 3.63) is 106 Å². The average Bonchev–Trinajstić information content (AvgIpc) is 2.77. The number of rotatable bonds is 5. The first-order chi connectivity index (χ1) is 14.2. The van der Waals surface area contributed by atoms with E-state index < -0.39 is 12.7 Å². The number of hydrogen-bond acceptors (Lipinski definition) is 3. The van der Waals surface area contributed by atoms with Gasteiger partial charge in [0.05, 0.1) is 17.3 Å². The maximum atomic E-state index is 13.0. The average molecular weight is 450 g/mol. The summed E-state index contributed by atoms with van der Waals surface area (Å²) in [5.41, 5.74) is 3.33. The quantitative estimate of drug-likeness (QED) is 0.444. The first-order valence-corrected chi connectivity index (χ1v) is 9.86. The van der Waals surface area contributed by atoms with Crippen LogP contribution in [0.2, 0.25) is 0 Å². The molecule has 0 aliphatic rings. The number of pyridine rings is 2. The number of alkyl halides is 1. The van der Waals surface area contributed by atoms with Crippen molar-refractivity contribution in [2.75, 3.05) is 0 Å². The second kappa shape index (κ2) is 8.49. The molecular formula is C23H17BrFN3O. The molecule has 0 aliphatic carbocycles. The molecule has 2 heterocycles. The highest BCUT2D eigenvalue weighted by molar-refractivity contribution is 9.10. The maximum absolute atomic E-state index is 13.0. The Balaban J connectivity index is 1.70. The van der Waals surface area contributed by atoms with Gasteiger partial charge >= 0.3 is 0 Å². The van der Waals surface area contributed by atoms with Crippen molar-refractivity contribution in [1.29, 1.82) is 0 Å². The van der Waals surface area contributed by atoms with Crippen LogP contribution < -0.4 is 5.32 Å². The lowest BCUT2D eigenvalue weighted by molar-refractivity contribution is 0.0942. The Kier molecular flexibility index (Phi) is 5.62. The third kappa shape index (κ3) is 4.17. The molecule has 0 spiro atoms. The fraction of sp³-hybridized carbons (Fsp3) is 0.0870. The van der Waals surface area contributed by atoms with E-state index in [1.807, 2.05) is 42.5 Å². The molecule has 144 valence electrons.